The molecular formula is C22H22N4O2. The maximum Gasteiger partial charge on any atom is 0.314 e. The third-order valence-electron chi connectivity index (χ3n) is 4.05. The zero-order valence-corrected chi connectivity index (χ0v) is 15.8. The van der Waals surface area contributed by atoms with E-state index in [0.717, 1.165) is 17.1 Å². The first-order valence-corrected chi connectivity index (χ1v) is 8.83. The second kappa shape index (κ2) is 8.73. The fraction of sp³-hybridized carbons (Fsp3) is 0.0909. The zero-order valence-electron chi connectivity index (χ0n) is 15.8. The zero-order chi connectivity index (χ0) is 19.9. The van der Waals surface area contributed by atoms with Gasteiger partial charge in [-0.05, 0) is 60.7 Å². The number of hydrogen-bond donors (Lipinski definition) is 3. The fourth-order valence-corrected chi connectivity index (χ4v) is 2.54. The summed E-state index contributed by atoms with van der Waals surface area (Å²) in [5.41, 5.74) is 3.97. The predicted octanol–water partition coefficient (Wildman–Crippen LogP) is 4.07. The lowest BCUT2D eigenvalue weighted by Crippen LogP contribution is -2.29. The van der Waals surface area contributed by atoms with E-state index in [1.807, 2.05) is 73.6 Å². The van der Waals surface area contributed by atoms with Gasteiger partial charge in [0.1, 0.15) is 0 Å². The topological polar surface area (TPSA) is 73.5 Å². The van der Waals surface area contributed by atoms with Crippen molar-refractivity contribution in [2.75, 3.05) is 34.9 Å². The summed E-state index contributed by atoms with van der Waals surface area (Å²) in [6.07, 6.45) is 0. The van der Waals surface area contributed by atoms with Gasteiger partial charge < -0.3 is 20.9 Å². The maximum atomic E-state index is 12.1. The highest BCUT2D eigenvalue weighted by molar-refractivity contribution is 6.43. The van der Waals surface area contributed by atoms with Gasteiger partial charge in [0.25, 0.3) is 0 Å². The van der Waals surface area contributed by atoms with Crippen LogP contribution in [0.15, 0.2) is 78.9 Å². The Balaban J connectivity index is 1.55. The van der Waals surface area contributed by atoms with Gasteiger partial charge in [-0.15, -0.1) is 0 Å². The van der Waals surface area contributed by atoms with Crippen LogP contribution >= 0.6 is 0 Å². The SMILES string of the molecule is CN(C)c1ccc(NC(=O)C(=O)Nc2ccc(Nc3ccccc3)cc2)cc1. The molecule has 0 aromatic heterocycles. The molecule has 2 amide bonds. The Labute approximate surface area is 164 Å². The molecule has 0 aliphatic rings. The average molecular weight is 374 g/mol. The molecule has 0 bridgehead atoms. The monoisotopic (exact) mass is 374 g/mol. The highest BCUT2D eigenvalue weighted by Gasteiger charge is 2.14. The Morgan fingerprint density at radius 2 is 1.04 bits per heavy atom. The van der Waals surface area contributed by atoms with Crippen molar-refractivity contribution in [2.24, 2.45) is 0 Å². The normalized spacial score (nSPS) is 10.1. The molecule has 0 fully saturated rings. The van der Waals surface area contributed by atoms with Gasteiger partial charge in [-0.2, -0.15) is 0 Å². The molecule has 142 valence electrons. The first-order valence-electron chi connectivity index (χ1n) is 8.83. The molecule has 3 N–H and O–H groups in total. The number of nitrogens with one attached hydrogen (secondary N) is 3. The van der Waals surface area contributed by atoms with Crippen LogP contribution in [0, 0.1) is 0 Å². The number of amides is 2. The van der Waals surface area contributed by atoms with E-state index >= 15 is 0 Å². The molecule has 6 nitrogen and oxygen atoms in total. The Morgan fingerprint density at radius 3 is 1.54 bits per heavy atom. The molecule has 0 spiro atoms. The van der Waals surface area contributed by atoms with Crippen LogP contribution in [0.2, 0.25) is 0 Å². The minimum absolute atomic E-state index is 0.543. The Hall–Kier alpha value is -3.80. The molecule has 0 aliphatic heterocycles. The summed E-state index contributed by atoms with van der Waals surface area (Å²) in [4.78, 5) is 26.2. The van der Waals surface area contributed by atoms with E-state index in [0.29, 0.717) is 11.4 Å². The Kier molecular flexibility index (Phi) is 5.91. The van der Waals surface area contributed by atoms with Gasteiger partial charge in [0, 0.05) is 42.5 Å². The molecule has 0 radical (unpaired) electrons. The lowest BCUT2D eigenvalue weighted by Gasteiger charge is -2.13. The van der Waals surface area contributed by atoms with Crippen LogP contribution in [-0.2, 0) is 9.59 Å². The molecule has 3 aromatic rings. The number of anilines is 5. The van der Waals surface area contributed by atoms with Gasteiger partial charge in [0.2, 0.25) is 0 Å². The number of hydrogen-bond acceptors (Lipinski definition) is 4. The number of benzene rings is 3. The molecule has 0 heterocycles. The highest BCUT2D eigenvalue weighted by Crippen LogP contribution is 2.19. The minimum atomic E-state index is -0.722. The van der Waals surface area contributed by atoms with Gasteiger partial charge in [-0.1, -0.05) is 18.2 Å². The van der Waals surface area contributed by atoms with Crippen molar-refractivity contribution in [3.63, 3.8) is 0 Å². The molecule has 3 rings (SSSR count). The summed E-state index contributed by atoms with van der Waals surface area (Å²) in [6.45, 7) is 0. The number of carbonyl (C=O) groups is 2. The number of carbonyl (C=O) groups excluding carboxylic acids is 2. The molecule has 0 saturated carbocycles. The van der Waals surface area contributed by atoms with Crippen molar-refractivity contribution >= 4 is 40.3 Å². The third kappa shape index (κ3) is 5.11. The summed E-state index contributed by atoms with van der Waals surface area (Å²) in [7, 11) is 3.86. The van der Waals surface area contributed by atoms with E-state index in [1.54, 1.807) is 24.3 Å². The number of nitrogens with zero attached hydrogens (tertiary/aromatic N) is 1. The molecule has 0 atom stereocenters. The van der Waals surface area contributed by atoms with Gasteiger partial charge in [0.15, 0.2) is 0 Å². The van der Waals surface area contributed by atoms with Crippen molar-refractivity contribution in [3.05, 3.63) is 78.9 Å². The van der Waals surface area contributed by atoms with Crippen LogP contribution in [-0.4, -0.2) is 25.9 Å². The van der Waals surface area contributed by atoms with Gasteiger partial charge in [-0.3, -0.25) is 9.59 Å². The molecule has 0 saturated heterocycles. The lowest BCUT2D eigenvalue weighted by molar-refractivity contribution is -0.132. The summed E-state index contributed by atoms with van der Waals surface area (Å²) in [5.74, 6) is -1.44. The first kappa shape index (κ1) is 19.0. The van der Waals surface area contributed by atoms with E-state index in [-0.39, 0.29) is 0 Å². The second-order valence-corrected chi connectivity index (χ2v) is 6.42. The lowest BCUT2D eigenvalue weighted by atomic mass is 10.2. The molecule has 0 aliphatic carbocycles. The molecule has 28 heavy (non-hydrogen) atoms. The van der Waals surface area contributed by atoms with Crippen LogP contribution in [0.1, 0.15) is 0 Å². The minimum Gasteiger partial charge on any atom is -0.378 e. The number of para-hydroxylation sites is 1. The van der Waals surface area contributed by atoms with Crippen LogP contribution in [0.4, 0.5) is 28.4 Å². The van der Waals surface area contributed by atoms with E-state index in [4.69, 9.17) is 0 Å². The Bertz CT molecular complexity index is 937. The van der Waals surface area contributed by atoms with Crippen LogP contribution < -0.4 is 20.9 Å². The van der Waals surface area contributed by atoms with Crippen molar-refractivity contribution in [2.45, 2.75) is 0 Å². The smallest absolute Gasteiger partial charge is 0.314 e. The molecular weight excluding hydrogens is 352 g/mol. The summed E-state index contributed by atoms with van der Waals surface area (Å²) < 4.78 is 0. The van der Waals surface area contributed by atoms with Crippen molar-refractivity contribution in [1.82, 2.24) is 0 Å². The predicted molar refractivity (Wildman–Crippen MR) is 114 cm³/mol. The largest absolute Gasteiger partial charge is 0.378 e. The average Bonchev–Trinajstić information content (AvgIpc) is 2.70. The number of rotatable bonds is 5. The summed E-state index contributed by atoms with van der Waals surface area (Å²) >= 11 is 0. The van der Waals surface area contributed by atoms with Crippen LogP contribution in [0.5, 0.6) is 0 Å². The second-order valence-electron chi connectivity index (χ2n) is 6.42. The van der Waals surface area contributed by atoms with Gasteiger partial charge >= 0.3 is 11.8 Å². The maximum absolute atomic E-state index is 12.1. The van der Waals surface area contributed by atoms with E-state index in [1.165, 1.54) is 0 Å². The van der Waals surface area contributed by atoms with Gasteiger partial charge in [-0.25, -0.2) is 0 Å². The van der Waals surface area contributed by atoms with Gasteiger partial charge in [0.05, 0.1) is 0 Å². The Morgan fingerprint density at radius 1 is 0.607 bits per heavy atom. The summed E-state index contributed by atoms with van der Waals surface area (Å²) in [6, 6.07) is 24.2. The van der Waals surface area contributed by atoms with E-state index < -0.39 is 11.8 Å². The molecule has 6 heteroatoms. The third-order valence-corrected chi connectivity index (χ3v) is 4.05. The van der Waals surface area contributed by atoms with Crippen molar-refractivity contribution in [3.8, 4) is 0 Å². The van der Waals surface area contributed by atoms with E-state index in [2.05, 4.69) is 16.0 Å². The van der Waals surface area contributed by atoms with E-state index in [9.17, 15) is 9.59 Å². The molecule has 3 aromatic carbocycles. The quantitative estimate of drug-likeness (QED) is 0.589. The first-order chi connectivity index (χ1) is 13.5. The highest BCUT2D eigenvalue weighted by atomic mass is 16.2. The fourth-order valence-electron chi connectivity index (χ4n) is 2.54. The van der Waals surface area contributed by atoms with Crippen molar-refractivity contribution < 1.29 is 9.59 Å². The molecule has 0 unspecified atom stereocenters. The van der Waals surface area contributed by atoms with Crippen LogP contribution in [0.25, 0.3) is 0 Å². The van der Waals surface area contributed by atoms with Crippen LogP contribution in [0.3, 0.4) is 0 Å². The standard InChI is InChI=1S/C22H22N4O2/c1-26(2)20-14-12-19(13-15-20)25-22(28)21(27)24-18-10-8-17(9-11-18)23-16-6-4-3-5-7-16/h3-15,23H,1-2H3,(H,24,27)(H,25,28). The summed E-state index contributed by atoms with van der Waals surface area (Å²) in [5, 5.41) is 8.44. The van der Waals surface area contributed by atoms with Crippen molar-refractivity contribution in [1.29, 1.82) is 0 Å².